The van der Waals surface area contributed by atoms with E-state index < -0.39 is 0 Å². The molecular formula is C20H23FN2O3. The maximum absolute atomic E-state index is 13.3. The van der Waals surface area contributed by atoms with E-state index in [9.17, 15) is 14.0 Å². The van der Waals surface area contributed by atoms with Gasteiger partial charge in [-0.05, 0) is 55.3 Å². The quantitative estimate of drug-likeness (QED) is 0.744. The summed E-state index contributed by atoms with van der Waals surface area (Å²) in [5, 5.41) is 2.78. The summed E-state index contributed by atoms with van der Waals surface area (Å²) in [6.07, 6.45) is 0.762. The molecule has 2 aromatic rings. The Morgan fingerprint density at radius 3 is 2.46 bits per heavy atom. The Labute approximate surface area is 152 Å². The number of nitrogens with one attached hydrogen (secondary N) is 1. The number of anilines is 1. The van der Waals surface area contributed by atoms with Gasteiger partial charge in [0.15, 0.2) is 0 Å². The number of halogens is 1. The maximum Gasteiger partial charge on any atom is 0.338 e. The summed E-state index contributed by atoms with van der Waals surface area (Å²) in [5.41, 5.74) is 1.72. The van der Waals surface area contributed by atoms with Gasteiger partial charge >= 0.3 is 12.0 Å². The van der Waals surface area contributed by atoms with Gasteiger partial charge in [0, 0.05) is 18.8 Å². The van der Waals surface area contributed by atoms with Crippen molar-refractivity contribution in [3.63, 3.8) is 0 Å². The van der Waals surface area contributed by atoms with Gasteiger partial charge in [-0.3, -0.25) is 0 Å². The van der Waals surface area contributed by atoms with Crippen molar-refractivity contribution in [1.82, 2.24) is 4.90 Å². The van der Waals surface area contributed by atoms with Crippen LogP contribution in [0.15, 0.2) is 48.5 Å². The molecule has 6 heteroatoms. The van der Waals surface area contributed by atoms with Gasteiger partial charge in [-0.15, -0.1) is 0 Å². The summed E-state index contributed by atoms with van der Waals surface area (Å²) in [5.74, 6) is -0.712. The molecule has 2 amide bonds. The number of amides is 2. The minimum Gasteiger partial charge on any atom is -0.462 e. The largest absolute Gasteiger partial charge is 0.462 e. The Bertz CT molecular complexity index is 747. The lowest BCUT2D eigenvalue weighted by Gasteiger charge is -2.21. The normalized spacial score (nSPS) is 10.3. The number of rotatable bonds is 7. The summed E-state index contributed by atoms with van der Waals surface area (Å²) in [7, 11) is 0. The van der Waals surface area contributed by atoms with E-state index in [4.69, 9.17) is 4.74 Å². The second-order valence-corrected chi connectivity index (χ2v) is 5.79. The highest BCUT2D eigenvalue weighted by molar-refractivity contribution is 5.92. The second-order valence-electron chi connectivity index (χ2n) is 5.79. The Morgan fingerprint density at radius 1 is 1.12 bits per heavy atom. The van der Waals surface area contributed by atoms with Gasteiger partial charge in [0.1, 0.15) is 5.82 Å². The highest BCUT2D eigenvalue weighted by Crippen LogP contribution is 2.13. The molecule has 0 spiro atoms. The van der Waals surface area contributed by atoms with E-state index in [1.807, 2.05) is 13.8 Å². The fraction of sp³-hybridized carbons (Fsp3) is 0.300. The number of nitrogens with zero attached hydrogens (tertiary/aromatic N) is 1. The van der Waals surface area contributed by atoms with Crippen LogP contribution < -0.4 is 5.32 Å². The third-order valence-corrected chi connectivity index (χ3v) is 3.74. The topological polar surface area (TPSA) is 58.6 Å². The van der Waals surface area contributed by atoms with Gasteiger partial charge < -0.3 is 15.0 Å². The lowest BCUT2D eigenvalue weighted by molar-refractivity contribution is 0.0505. The van der Waals surface area contributed by atoms with Crippen LogP contribution in [0.25, 0.3) is 0 Å². The smallest absolute Gasteiger partial charge is 0.338 e. The molecule has 26 heavy (non-hydrogen) atoms. The molecule has 2 rings (SSSR count). The van der Waals surface area contributed by atoms with Crippen LogP contribution in [-0.2, 0) is 11.3 Å². The van der Waals surface area contributed by atoms with Gasteiger partial charge in [-0.2, -0.15) is 0 Å². The third-order valence-electron chi connectivity index (χ3n) is 3.74. The number of carbonyl (C=O) groups is 2. The number of hydrogen-bond donors (Lipinski definition) is 1. The van der Waals surface area contributed by atoms with Gasteiger partial charge in [-0.25, -0.2) is 14.0 Å². The van der Waals surface area contributed by atoms with Crippen LogP contribution >= 0.6 is 0 Å². The average Bonchev–Trinajstić information content (AvgIpc) is 2.64. The Hall–Kier alpha value is -2.89. The van der Waals surface area contributed by atoms with Gasteiger partial charge in [0.05, 0.1) is 12.2 Å². The van der Waals surface area contributed by atoms with Crippen molar-refractivity contribution in [1.29, 1.82) is 0 Å². The van der Waals surface area contributed by atoms with Crippen molar-refractivity contribution in [2.24, 2.45) is 0 Å². The molecule has 0 atom stereocenters. The molecule has 1 N–H and O–H groups in total. The number of ether oxygens (including phenoxy) is 1. The lowest BCUT2D eigenvalue weighted by Crippen LogP contribution is -2.34. The minimum absolute atomic E-state index is 0.293. The molecule has 0 heterocycles. The van der Waals surface area contributed by atoms with E-state index >= 15 is 0 Å². The Morgan fingerprint density at radius 2 is 1.85 bits per heavy atom. The minimum atomic E-state index is -0.383. The van der Waals surface area contributed by atoms with Crippen molar-refractivity contribution < 1.29 is 18.7 Å². The molecule has 138 valence electrons. The zero-order valence-corrected chi connectivity index (χ0v) is 15.0. The number of benzene rings is 2. The van der Waals surface area contributed by atoms with Crippen LogP contribution in [-0.4, -0.2) is 30.1 Å². The summed E-state index contributed by atoms with van der Waals surface area (Å²) in [4.78, 5) is 25.8. The first kappa shape index (κ1) is 19.4. The van der Waals surface area contributed by atoms with Crippen molar-refractivity contribution in [2.45, 2.75) is 26.8 Å². The molecule has 0 saturated carbocycles. The fourth-order valence-corrected chi connectivity index (χ4v) is 2.35. The van der Waals surface area contributed by atoms with Crippen LogP contribution in [0.4, 0.5) is 14.9 Å². The monoisotopic (exact) mass is 358 g/mol. The van der Waals surface area contributed by atoms with Crippen LogP contribution in [0.2, 0.25) is 0 Å². The Balaban J connectivity index is 1.97. The highest BCUT2D eigenvalue weighted by Gasteiger charge is 2.13. The van der Waals surface area contributed by atoms with Crippen molar-refractivity contribution >= 4 is 17.7 Å². The third kappa shape index (κ3) is 5.58. The van der Waals surface area contributed by atoms with Crippen molar-refractivity contribution in [3.8, 4) is 0 Å². The van der Waals surface area contributed by atoms with E-state index in [2.05, 4.69) is 5.32 Å². The van der Waals surface area contributed by atoms with Crippen LogP contribution in [0.3, 0.4) is 0 Å². The first-order valence-electron chi connectivity index (χ1n) is 8.61. The van der Waals surface area contributed by atoms with E-state index in [-0.39, 0.29) is 17.8 Å². The molecule has 2 aromatic carbocycles. The number of carbonyl (C=O) groups excluding carboxylic acids is 2. The number of hydrogen-bond acceptors (Lipinski definition) is 3. The molecule has 0 bridgehead atoms. The van der Waals surface area contributed by atoms with Crippen molar-refractivity contribution in [2.75, 3.05) is 18.5 Å². The zero-order chi connectivity index (χ0) is 18.9. The molecule has 0 unspecified atom stereocenters. The summed E-state index contributed by atoms with van der Waals surface area (Å²) >= 11 is 0. The maximum atomic E-state index is 13.3. The molecule has 0 aliphatic carbocycles. The van der Waals surface area contributed by atoms with Gasteiger partial charge in [0.25, 0.3) is 0 Å². The summed E-state index contributed by atoms with van der Waals surface area (Å²) < 4.78 is 18.4. The molecule has 0 fully saturated rings. The lowest BCUT2D eigenvalue weighted by atomic mass is 10.2. The molecule has 0 aromatic heterocycles. The number of urea groups is 1. The first-order valence-corrected chi connectivity index (χ1v) is 8.61. The molecule has 0 aliphatic heterocycles. The SMILES string of the molecule is CCCOC(=O)c1ccc(NC(=O)N(CC)Cc2cccc(F)c2)cc1. The molecule has 5 nitrogen and oxygen atoms in total. The summed E-state index contributed by atoms with van der Waals surface area (Å²) in [6, 6.07) is 12.4. The van der Waals surface area contributed by atoms with E-state index in [1.165, 1.54) is 12.1 Å². The van der Waals surface area contributed by atoms with Crippen LogP contribution in [0, 0.1) is 5.82 Å². The van der Waals surface area contributed by atoms with Gasteiger partial charge in [0.2, 0.25) is 0 Å². The van der Waals surface area contributed by atoms with Crippen LogP contribution in [0.1, 0.15) is 36.2 Å². The molecule has 0 radical (unpaired) electrons. The first-order chi connectivity index (χ1) is 12.5. The summed E-state index contributed by atoms with van der Waals surface area (Å²) in [6.45, 7) is 4.94. The number of esters is 1. The fourth-order valence-electron chi connectivity index (χ4n) is 2.35. The van der Waals surface area contributed by atoms with E-state index in [1.54, 1.807) is 41.3 Å². The van der Waals surface area contributed by atoms with Crippen molar-refractivity contribution in [3.05, 3.63) is 65.5 Å². The zero-order valence-electron chi connectivity index (χ0n) is 15.0. The average molecular weight is 358 g/mol. The predicted molar refractivity (Wildman–Crippen MR) is 98.5 cm³/mol. The Kier molecular flexibility index (Phi) is 7.14. The molecule has 0 aliphatic rings. The van der Waals surface area contributed by atoms with Gasteiger partial charge in [-0.1, -0.05) is 19.1 Å². The predicted octanol–water partition coefficient (Wildman–Crippen LogP) is 4.45. The highest BCUT2D eigenvalue weighted by atomic mass is 19.1. The molecular weight excluding hydrogens is 335 g/mol. The standard InChI is InChI=1S/C20H23FN2O3/c1-3-12-26-19(24)16-8-10-18(11-9-16)22-20(25)23(4-2)14-15-6-5-7-17(21)13-15/h5-11,13H,3-4,12,14H2,1-2H3,(H,22,25). The van der Waals surface area contributed by atoms with E-state index in [0.29, 0.717) is 30.9 Å². The second kappa shape index (κ2) is 9.56. The van der Waals surface area contributed by atoms with E-state index in [0.717, 1.165) is 12.0 Å². The van der Waals surface area contributed by atoms with Crippen LogP contribution in [0.5, 0.6) is 0 Å². The molecule has 0 saturated heterocycles.